The van der Waals surface area contributed by atoms with Gasteiger partial charge in [-0.1, -0.05) is 6.07 Å². The lowest BCUT2D eigenvalue weighted by atomic mass is 9.89. The van der Waals surface area contributed by atoms with E-state index >= 15 is 0 Å². The van der Waals surface area contributed by atoms with Crippen LogP contribution in [0.2, 0.25) is 0 Å². The smallest absolute Gasteiger partial charge is 0.130 e. The molecular weight excluding hydrogens is 222 g/mol. The summed E-state index contributed by atoms with van der Waals surface area (Å²) in [6.45, 7) is 0.843. The Morgan fingerprint density at radius 2 is 2.00 bits per heavy atom. The van der Waals surface area contributed by atoms with Crippen LogP contribution < -0.4 is 10.6 Å². The number of nitrogens with one attached hydrogen (secondary N) is 2. The molecule has 1 saturated carbocycles. The predicted octanol–water partition coefficient (Wildman–Crippen LogP) is 2.22. The third-order valence-electron chi connectivity index (χ3n) is 3.60. The Morgan fingerprint density at radius 1 is 1.29 bits per heavy atom. The molecule has 17 heavy (non-hydrogen) atoms. The summed E-state index contributed by atoms with van der Waals surface area (Å²) in [5, 5.41) is 6.31. The highest BCUT2D eigenvalue weighted by molar-refractivity contribution is 5.26. The number of halogens is 2. The van der Waals surface area contributed by atoms with Crippen molar-refractivity contribution in [3.8, 4) is 0 Å². The second kappa shape index (κ2) is 4.70. The zero-order chi connectivity index (χ0) is 12.5. The fourth-order valence-corrected chi connectivity index (χ4v) is 2.61. The molecule has 1 atom stereocenters. The van der Waals surface area contributed by atoms with Gasteiger partial charge in [0, 0.05) is 29.6 Å². The van der Waals surface area contributed by atoms with E-state index < -0.39 is 11.6 Å². The molecule has 1 unspecified atom stereocenters. The van der Waals surface area contributed by atoms with E-state index in [1.54, 1.807) is 6.07 Å². The third-order valence-corrected chi connectivity index (χ3v) is 3.60. The highest BCUT2D eigenvalue weighted by Crippen LogP contribution is 2.54. The summed E-state index contributed by atoms with van der Waals surface area (Å²) in [6.07, 6.45) is 2.13. The lowest BCUT2D eigenvalue weighted by molar-refractivity contribution is 0.337. The van der Waals surface area contributed by atoms with Crippen LogP contribution in [0.3, 0.4) is 0 Å². The van der Waals surface area contributed by atoms with Gasteiger partial charge in [-0.25, -0.2) is 8.78 Å². The molecule has 0 aromatic heterocycles. The zero-order valence-corrected chi connectivity index (χ0v) is 10.2. The van der Waals surface area contributed by atoms with Gasteiger partial charge in [0.25, 0.3) is 0 Å². The molecule has 1 aliphatic rings. The van der Waals surface area contributed by atoms with Crippen LogP contribution in [0.4, 0.5) is 8.78 Å². The van der Waals surface area contributed by atoms with Crippen molar-refractivity contribution in [3.05, 3.63) is 35.4 Å². The van der Waals surface area contributed by atoms with E-state index in [0.717, 1.165) is 25.5 Å². The molecule has 0 bridgehead atoms. The molecule has 0 heterocycles. The Hall–Kier alpha value is -1.00. The SMILES string of the molecule is CNCC1(C(NC)c2ccc(F)cc2F)CC1. The Bertz CT molecular complexity index is 402. The molecule has 94 valence electrons. The Morgan fingerprint density at radius 3 is 2.47 bits per heavy atom. The van der Waals surface area contributed by atoms with Crippen molar-refractivity contribution in [1.82, 2.24) is 10.6 Å². The maximum absolute atomic E-state index is 13.8. The largest absolute Gasteiger partial charge is 0.319 e. The summed E-state index contributed by atoms with van der Waals surface area (Å²) in [5.41, 5.74) is 0.629. The molecular formula is C13H18F2N2. The molecule has 0 radical (unpaired) electrons. The topological polar surface area (TPSA) is 24.1 Å². The normalized spacial score (nSPS) is 19.1. The molecule has 4 heteroatoms. The van der Waals surface area contributed by atoms with Crippen LogP contribution in [0.25, 0.3) is 0 Å². The van der Waals surface area contributed by atoms with Crippen LogP contribution >= 0.6 is 0 Å². The highest BCUT2D eigenvalue weighted by atomic mass is 19.1. The van der Waals surface area contributed by atoms with Crippen molar-refractivity contribution in [2.24, 2.45) is 5.41 Å². The van der Waals surface area contributed by atoms with Crippen LogP contribution in [-0.2, 0) is 0 Å². The Balaban J connectivity index is 2.29. The van der Waals surface area contributed by atoms with Crippen LogP contribution in [-0.4, -0.2) is 20.6 Å². The molecule has 0 spiro atoms. The van der Waals surface area contributed by atoms with Gasteiger partial charge in [0.05, 0.1) is 0 Å². The van der Waals surface area contributed by atoms with E-state index in [1.165, 1.54) is 6.07 Å². The predicted molar refractivity (Wildman–Crippen MR) is 63.8 cm³/mol. The third kappa shape index (κ3) is 2.33. The van der Waals surface area contributed by atoms with Gasteiger partial charge < -0.3 is 10.6 Å². The van der Waals surface area contributed by atoms with Gasteiger partial charge >= 0.3 is 0 Å². The summed E-state index contributed by atoms with van der Waals surface area (Å²) < 4.78 is 26.7. The monoisotopic (exact) mass is 240 g/mol. The molecule has 0 aliphatic heterocycles. The summed E-state index contributed by atoms with van der Waals surface area (Å²) >= 11 is 0. The lowest BCUT2D eigenvalue weighted by Crippen LogP contribution is -2.34. The molecule has 2 rings (SSSR count). The minimum Gasteiger partial charge on any atom is -0.319 e. The maximum atomic E-state index is 13.8. The minimum absolute atomic E-state index is 0.0597. The highest BCUT2D eigenvalue weighted by Gasteiger charge is 2.49. The van der Waals surface area contributed by atoms with Crippen molar-refractivity contribution >= 4 is 0 Å². The first-order chi connectivity index (χ1) is 8.13. The van der Waals surface area contributed by atoms with Crippen LogP contribution in [0.15, 0.2) is 18.2 Å². The molecule has 1 aromatic carbocycles. The van der Waals surface area contributed by atoms with E-state index in [1.807, 2.05) is 14.1 Å². The molecule has 1 aliphatic carbocycles. The van der Waals surface area contributed by atoms with Gasteiger partial charge in [0.15, 0.2) is 0 Å². The van der Waals surface area contributed by atoms with Crippen LogP contribution in [0.5, 0.6) is 0 Å². The van der Waals surface area contributed by atoms with Crippen molar-refractivity contribution in [2.75, 3.05) is 20.6 Å². The van der Waals surface area contributed by atoms with E-state index in [2.05, 4.69) is 10.6 Å². The van der Waals surface area contributed by atoms with Gasteiger partial charge in [-0.3, -0.25) is 0 Å². The van der Waals surface area contributed by atoms with Gasteiger partial charge in [-0.05, 0) is 33.0 Å². The van der Waals surface area contributed by atoms with Crippen molar-refractivity contribution < 1.29 is 8.78 Å². The quantitative estimate of drug-likeness (QED) is 0.824. The maximum Gasteiger partial charge on any atom is 0.130 e. The summed E-state index contributed by atoms with van der Waals surface area (Å²) in [6, 6.07) is 3.75. The summed E-state index contributed by atoms with van der Waals surface area (Å²) in [7, 11) is 3.72. The van der Waals surface area contributed by atoms with Crippen LogP contribution in [0.1, 0.15) is 24.4 Å². The van der Waals surface area contributed by atoms with E-state index in [4.69, 9.17) is 0 Å². The minimum atomic E-state index is -0.528. The van der Waals surface area contributed by atoms with Gasteiger partial charge in [-0.15, -0.1) is 0 Å². The first-order valence-electron chi connectivity index (χ1n) is 5.90. The number of hydrogen-bond donors (Lipinski definition) is 2. The molecule has 2 nitrogen and oxygen atoms in total. The molecule has 2 N–H and O–H groups in total. The van der Waals surface area contributed by atoms with E-state index in [9.17, 15) is 8.78 Å². The molecule has 1 aromatic rings. The Labute approximate surface area is 100 Å². The molecule has 0 saturated heterocycles. The zero-order valence-electron chi connectivity index (χ0n) is 10.2. The van der Waals surface area contributed by atoms with Crippen LogP contribution in [0, 0.1) is 17.0 Å². The lowest BCUT2D eigenvalue weighted by Gasteiger charge is -2.27. The fraction of sp³-hybridized carbons (Fsp3) is 0.538. The van der Waals surface area contributed by atoms with E-state index in [-0.39, 0.29) is 11.5 Å². The average molecular weight is 240 g/mol. The fourth-order valence-electron chi connectivity index (χ4n) is 2.61. The number of rotatable bonds is 5. The van der Waals surface area contributed by atoms with Gasteiger partial charge in [0.2, 0.25) is 0 Å². The second-order valence-electron chi connectivity index (χ2n) is 4.78. The number of benzene rings is 1. The van der Waals surface area contributed by atoms with Crippen molar-refractivity contribution in [2.45, 2.75) is 18.9 Å². The average Bonchev–Trinajstić information content (AvgIpc) is 3.04. The summed E-state index contributed by atoms with van der Waals surface area (Å²) in [4.78, 5) is 0. The second-order valence-corrected chi connectivity index (χ2v) is 4.78. The first-order valence-corrected chi connectivity index (χ1v) is 5.90. The van der Waals surface area contributed by atoms with E-state index in [0.29, 0.717) is 5.56 Å². The summed E-state index contributed by atoms with van der Waals surface area (Å²) in [5.74, 6) is -0.994. The van der Waals surface area contributed by atoms with Crippen molar-refractivity contribution in [1.29, 1.82) is 0 Å². The Kier molecular flexibility index (Phi) is 3.45. The molecule has 0 amide bonds. The van der Waals surface area contributed by atoms with Gasteiger partial charge in [-0.2, -0.15) is 0 Å². The number of hydrogen-bond acceptors (Lipinski definition) is 2. The standard InChI is InChI=1S/C13H18F2N2/c1-16-8-13(5-6-13)12(17-2)10-4-3-9(14)7-11(10)15/h3-4,7,12,16-17H,5-6,8H2,1-2H3. The molecule has 1 fully saturated rings. The van der Waals surface area contributed by atoms with Gasteiger partial charge in [0.1, 0.15) is 11.6 Å². The first kappa shape index (κ1) is 12.5. The van der Waals surface area contributed by atoms with Crippen molar-refractivity contribution in [3.63, 3.8) is 0 Å².